The molecule has 0 atom stereocenters. The van der Waals surface area contributed by atoms with Crippen molar-refractivity contribution in [3.63, 3.8) is 0 Å². The number of rotatable bonds is 12. The maximum Gasteiger partial charge on any atom is 0.204 e. The third-order valence-corrected chi connectivity index (χ3v) is 6.81. The third-order valence-electron chi connectivity index (χ3n) is 5.55. The number of anilines is 1. The molecule has 3 aromatic carbocycles. The molecular formula is C29H30ClN3OS. The first-order valence-corrected chi connectivity index (χ1v) is 13.3. The minimum absolute atomic E-state index is 0.705. The average molecular weight is 504 g/mol. The van der Waals surface area contributed by atoms with Gasteiger partial charge in [-0.1, -0.05) is 98.0 Å². The van der Waals surface area contributed by atoms with Crippen molar-refractivity contribution >= 4 is 34.3 Å². The molecule has 0 saturated heterocycles. The predicted octanol–water partition coefficient (Wildman–Crippen LogP) is 8.93. The number of nitrogens with one attached hydrogen (secondary N) is 1. The Labute approximate surface area is 216 Å². The van der Waals surface area contributed by atoms with Crippen LogP contribution in [0.3, 0.4) is 0 Å². The van der Waals surface area contributed by atoms with Crippen LogP contribution in [0.5, 0.6) is 5.75 Å². The molecule has 4 aromatic rings. The van der Waals surface area contributed by atoms with Crippen molar-refractivity contribution in [3.8, 4) is 27.4 Å². The van der Waals surface area contributed by atoms with Crippen LogP contribution in [0, 0.1) is 0 Å². The summed E-state index contributed by atoms with van der Waals surface area (Å²) in [7, 11) is 0. The van der Waals surface area contributed by atoms with Crippen molar-refractivity contribution in [2.24, 2.45) is 5.10 Å². The maximum absolute atomic E-state index is 6.09. The minimum Gasteiger partial charge on any atom is -0.494 e. The lowest BCUT2D eigenvalue weighted by atomic mass is 10.1. The lowest BCUT2D eigenvalue weighted by molar-refractivity contribution is 0.304. The molecule has 1 aromatic heterocycles. The zero-order valence-corrected chi connectivity index (χ0v) is 21.5. The van der Waals surface area contributed by atoms with Crippen molar-refractivity contribution in [3.05, 3.63) is 89.4 Å². The van der Waals surface area contributed by atoms with Crippen LogP contribution >= 0.6 is 22.9 Å². The SMILES string of the molecule is CCCCCCCOc1ccc(/C=N\Nc2nc(-c3ccc(Cl)cc3)c(-c3ccccc3)s2)cc1. The molecule has 0 bridgehead atoms. The monoisotopic (exact) mass is 503 g/mol. The summed E-state index contributed by atoms with van der Waals surface area (Å²) in [5.41, 5.74) is 7.13. The zero-order chi connectivity index (χ0) is 24.3. The second kappa shape index (κ2) is 13.1. The van der Waals surface area contributed by atoms with Crippen molar-refractivity contribution in [2.45, 2.75) is 39.0 Å². The molecule has 35 heavy (non-hydrogen) atoms. The van der Waals surface area contributed by atoms with E-state index < -0.39 is 0 Å². The molecule has 4 nitrogen and oxygen atoms in total. The number of halogens is 1. The van der Waals surface area contributed by atoms with Gasteiger partial charge < -0.3 is 4.74 Å². The number of ether oxygens (including phenoxy) is 1. The van der Waals surface area contributed by atoms with Gasteiger partial charge in [0.1, 0.15) is 5.75 Å². The van der Waals surface area contributed by atoms with E-state index in [0.717, 1.165) is 51.2 Å². The Kier molecular flexibility index (Phi) is 9.32. The van der Waals surface area contributed by atoms with Crippen LogP contribution < -0.4 is 10.2 Å². The topological polar surface area (TPSA) is 46.5 Å². The molecule has 4 rings (SSSR count). The van der Waals surface area contributed by atoms with E-state index in [4.69, 9.17) is 21.3 Å². The summed E-state index contributed by atoms with van der Waals surface area (Å²) in [6.45, 7) is 3.00. The second-order valence-corrected chi connectivity index (χ2v) is 9.71. The minimum atomic E-state index is 0.705. The number of aromatic nitrogens is 1. The summed E-state index contributed by atoms with van der Waals surface area (Å²) in [4.78, 5) is 5.91. The summed E-state index contributed by atoms with van der Waals surface area (Å²) in [5.74, 6) is 0.894. The Hall–Kier alpha value is -3.15. The van der Waals surface area contributed by atoms with Crippen molar-refractivity contribution < 1.29 is 4.74 Å². The Bertz CT molecular complexity index is 1210. The van der Waals surface area contributed by atoms with E-state index in [1.54, 1.807) is 17.6 Å². The summed E-state index contributed by atoms with van der Waals surface area (Å²) in [6.07, 6.45) is 7.98. The molecule has 0 amide bonds. The molecule has 6 heteroatoms. The number of benzene rings is 3. The Morgan fingerprint density at radius 3 is 2.37 bits per heavy atom. The van der Waals surface area contributed by atoms with E-state index in [9.17, 15) is 0 Å². The summed E-state index contributed by atoms with van der Waals surface area (Å²) in [6, 6.07) is 26.0. The van der Waals surface area contributed by atoms with Crippen LogP contribution in [-0.4, -0.2) is 17.8 Å². The first kappa shape index (κ1) is 25.0. The number of hydrogen-bond acceptors (Lipinski definition) is 5. The lowest BCUT2D eigenvalue weighted by Crippen LogP contribution is -1.97. The highest BCUT2D eigenvalue weighted by Gasteiger charge is 2.14. The first-order valence-electron chi connectivity index (χ1n) is 12.1. The fourth-order valence-electron chi connectivity index (χ4n) is 3.66. The highest BCUT2D eigenvalue weighted by molar-refractivity contribution is 7.19. The largest absolute Gasteiger partial charge is 0.494 e. The molecule has 1 heterocycles. The van der Waals surface area contributed by atoms with Gasteiger partial charge in [0.25, 0.3) is 0 Å². The summed E-state index contributed by atoms with van der Waals surface area (Å²) in [5, 5.41) is 5.85. The Balaban J connectivity index is 1.39. The fourth-order valence-corrected chi connectivity index (χ4v) is 4.73. The van der Waals surface area contributed by atoms with Gasteiger partial charge in [-0.2, -0.15) is 5.10 Å². The van der Waals surface area contributed by atoms with E-state index in [1.165, 1.54) is 25.7 Å². The third kappa shape index (κ3) is 7.41. The normalized spacial score (nSPS) is 11.1. The quantitative estimate of drug-likeness (QED) is 0.119. The molecule has 0 fully saturated rings. The van der Waals surface area contributed by atoms with Gasteiger partial charge in [0.15, 0.2) is 0 Å². The van der Waals surface area contributed by atoms with E-state index in [2.05, 4.69) is 29.6 Å². The lowest BCUT2D eigenvalue weighted by Gasteiger charge is -2.06. The number of thiazole rings is 1. The number of hydrazone groups is 1. The van der Waals surface area contributed by atoms with E-state index in [1.807, 2.05) is 66.7 Å². The second-order valence-electron chi connectivity index (χ2n) is 8.27. The molecular weight excluding hydrogens is 474 g/mol. The zero-order valence-electron chi connectivity index (χ0n) is 19.9. The average Bonchev–Trinajstić information content (AvgIpc) is 3.32. The highest BCUT2D eigenvalue weighted by atomic mass is 35.5. The van der Waals surface area contributed by atoms with E-state index in [0.29, 0.717) is 5.02 Å². The molecule has 0 radical (unpaired) electrons. The van der Waals surface area contributed by atoms with Gasteiger partial charge in [0.05, 0.1) is 23.4 Å². The summed E-state index contributed by atoms with van der Waals surface area (Å²) >= 11 is 7.66. The maximum atomic E-state index is 6.09. The van der Waals surface area contributed by atoms with Crippen LogP contribution in [0.2, 0.25) is 5.02 Å². The molecule has 180 valence electrons. The molecule has 0 aliphatic heterocycles. The van der Waals surface area contributed by atoms with Gasteiger partial charge in [-0.05, 0) is 53.9 Å². The molecule has 0 unspecified atom stereocenters. The van der Waals surface area contributed by atoms with Gasteiger partial charge in [-0.3, -0.25) is 5.43 Å². The van der Waals surface area contributed by atoms with Crippen LogP contribution in [-0.2, 0) is 0 Å². The molecule has 0 spiro atoms. The molecule has 1 N–H and O–H groups in total. The van der Waals surface area contributed by atoms with Crippen LogP contribution in [0.1, 0.15) is 44.6 Å². The van der Waals surface area contributed by atoms with Gasteiger partial charge in [-0.15, -0.1) is 0 Å². The number of hydrogen-bond donors (Lipinski definition) is 1. The number of unbranched alkanes of at least 4 members (excludes halogenated alkanes) is 4. The van der Waals surface area contributed by atoms with E-state index in [-0.39, 0.29) is 0 Å². The van der Waals surface area contributed by atoms with Crippen LogP contribution in [0.4, 0.5) is 5.13 Å². The Morgan fingerprint density at radius 2 is 1.63 bits per heavy atom. The molecule has 0 aliphatic carbocycles. The Morgan fingerprint density at radius 1 is 0.886 bits per heavy atom. The standard InChI is InChI=1S/C29H30ClN3OS/c1-2-3-4-5-9-20-34-26-18-12-22(13-19-26)21-31-33-29-32-27(23-14-16-25(30)17-15-23)28(35-29)24-10-7-6-8-11-24/h6-8,10-19,21H,2-5,9,20H2,1H3,(H,32,33)/b31-21-. The van der Waals surface area contributed by atoms with Gasteiger partial charge in [0.2, 0.25) is 5.13 Å². The smallest absolute Gasteiger partial charge is 0.204 e. The fraction of sp³-hybridized carbons (Fsp3) is 0.241. The van der Waals surface area contributed by atoms with E-state index >= 15 is 0 Å². The predicted molar refractivity (Wildman–Crippen MR) is 150 cm³/mol. The van der Waals surface area contributed by atoms with Crippen LogP contribution in [0.15, 0.2) is 84.0 Å². The number of nitrogens with zero attached hydrogens (tertiary/aromatic N) is 2. The van der Waals surface area contributed by atoms with Crippen molar-refractivity contribution in [1.82, 2.24) is 4.98 Å². The molecule has 0 saturated carbocycles. The van der Waals surface area contributed by atoms with Gasteiger partial charge in [-0.25, -0.2) is 4.98 Å². The van der Waals surface area contributed by atoms with Gasteiger partial charge in [0, 0.05) is 10.6 Å². The summed E-state index contributed by atoms with van der Waals surface area (Å²) < 4.78 is 5.85. The van der Waals surface area contributed by atoms with Gasteiger partial charge >= 0.3 is 0 Å². The highest BCUT2D eigenvalue weighted by Crippen LogP contribution is 2.39. The van der Waals surface area contributed by atoms with Crippen molar-refractivity contribution in [1.29, 1.82) is 0 Å². The van der Waals surface area contributed by atoms with Crippen molar-refractivity contribution in [2.75, 3.05) is 12.0 Å². The first-order chi connectivity index (χ1) is 17.2. The van der Waals surface area contributed by atoms with Crippen LogP contribution in [0.25, 0.3) is 21.7 Å². The molecule has 0 aliphatic rings.